The van der Waals surface area contributed by atoms with Gasteiger partial charge in [0.25, 0.3) is 0 Å². The van der Waals surface area contributed by atoms with E-state index < -0.39 is 0 Å². The predicted octanol–water partition coefficient (Wildman–Crippen LogP) is 4.92. The molecule has 0 aliphatic heterocycles. The molecule has 0 saturated heterocycles. The molecular weight excluding hydrogens is 242 g/mol. The molecule has 0 heterocycles. The minimum atomic E-state index is 1.03. The van der Waals surface area contributed by atoms with Gasteiger partial charge in [0.15, 0.2) is 0 Å². The van der Waals surface area contributed by atoms with Crippen molar-refractivity contribution in [3.05, 3.63) is 83.4 Å². The lowest BCUT2D eigenvalue weighted by Crippen LogP contribution is -2.01. The first-order chi connectivity index (χ1) is 9.93. The highest BCUT2D eigenvalue weighted by atomic mass is 14.8. The van der Waals surface area contributed by atoms with Gasteiger partial charge in [0, 0.05) is 5.56 Å². The van der Waals surface area contributed by atoms with E-state index in [1.165, 1.54) is 22.3 Å². The van der Waals surface area contributed by atoms with Crippen LogP contribution >= 0.6 is 0 Å². The Labute approximate surface area is 119 Å². The Kier molecular flexibility index (Phi) is 2.63. The fraction of sp³-hybridized carbons (Fsp3) is 0.105. The van der Waals surface area contributed by atoms with Crippen LogP contribution in [0.4, 0.5) is 5.69 Å². The van der Waals surface area contributed by atoms with Crippen molar-refractivity contribution >= 4 is 17.0 Å². The summed E-state index contributed by atoms with van der Waals surface area (Å²) in [5.41, 5.74) is 7.55. The summed E-state index contributed by atoms with van der Waals surface area (Å²) in [4.78, 5) is 4.91. The second kappa shape index (κ2) is 4.61. The molecule has 4 rings (SSSR count). The molecule has 1 nitrogen and oxygen atoms in total. The molecule has 2 aromatic carbocycles. The van der Waals surface area contributed by atoms with E-state index in [4.69, 9.17) is 4.99 Å². The third-order valence-electron chi connectivity index (χ3n) is 3.93. The number of allylic oxidation sites excluding steroid dienone is 4. The number of para-hydroxylation sites is 1. The van der Waals surface area contributed by atoms with Gasteiger partial charge >= 0.3 is 0 Å². The summed E-state index contributed by atoms with van der Waals surface area (Å²) in [5.74, 6) is 0. The first kappa shape index (κ1) is 11.4. The van der Waals surface area contributed by atoms with Gasteiger partial charge in [-0.2, -0.15) is 0 Å². The molecule has 96 valence electrons. The number of hydrogen-bond acceptors (Lipinski definition) is 1. The standard InChI is InChI=1S/C19H15N/c1-2-8-14(9-3-1)20-19-17-12-6-4-10-15(17)16-11-5-7-13-18(16)19/h1-6,8-12H,7,13H2. The number of fused-ring (bicyclic) bond motifs is 2. The molecule has 2 aliphatic rings. The Balaban J connectivity index is 1.93. The molecule has 1 heteroatoms. The molecule has 0 spiro atoms. The third-order valence-corrected chi connectivity index (χ3v) is 3.93. The SMILES string of the molecule is C1=CC2=C(CC1)C(=Nc1ccccc1)c1ccccc12. The molecule has 0 aromatic heterocycles. The zero-order chi connectivity index (χ0) is 13.4. The lowest BCUT2D eigenvalue weighted by Gasteiger charge is -2.09. The van der Waals surface area contributed by atoms with Crippen LogP contribution in [-0.4, -0.2) is 5.71 Å². The van der Waals surface area contributed by atoms with Crippen molar-refractivity contribution < 1.29 is 0 Å². The van der Waals surface area contributed by atoms with E-state index in [2.05, 4.69) is 48.6 Å². The first-order valence-electron chi connectivity index (χ1n) is 7.07. The minimum absolute atomic E-state index is 1.03. The molecule has 2 aliphatic carbocycles. The summed E-state index contributed by atoms with van der Waals surface area (Å²) < 4.78 is 0. The molecule has 0 saturated carbocycles. The number of hydrogen-bond donors (Lipinski definition) is 0. The van der Waals surface area contributed by atoms with E-state index in [1.807, 2.05) is 18.2 Å². The number of nitrogens with zero attached hydrogens (tertiary/aromatic N) is 1. The zero-order valence-corrected chi connectivity index (χ0v) is 11.2. The highest BCUT2D eigenvalue weighted by molar-refractivity contribution is 6.25. The average molecular weight is 257 g/mol. The van der Waals surface area contributed by atoms with Gasteiger partial charge in [0.1, 0.15) is 0 Å². The molecule has 2 aromatic rings. The molecular formula is C19H15N. The van der Waals surface area contributed by atoms with Crippen molar-refractivity contribution in [2.24, 2.45) is 4.99 Å². The molecule has 0 fully saturated rings. The van der Waals surface area contributed by atoms with Gasteiger partial charge in [0.05, 0.1) is 11.4 Å². The highest BCUT2D eigenvalue weighted by Gasteiger charge is 2.26. The summed E-state index contributed by atoms with van der Waals surface area (Å²) in [6.07, 6.45) is 6.72. The van der Waals surface area contributed by atoms with Crippen molar-refractivity contribution in [3.8, 4) is 0 Å². The Morgan fingerprint density at radius 3 is 2.40 bits per heavy atom. The molecule has 0 amide bonds. The van der Waals surface area contributed by atoms with Gasteiger partial charge in [0.2, 0.25) is 0 Å². The van der Waals surface area contributed by atoms with Crippen LogP contribution in [0, 0.1) is 0 Å². The van der Waals surface area contributed by atoms with Gasteiger partial charge in [-0.1, -0.05) is 54.6 Å². The van der Waals surface area contributed by atoms with Crippen LogP contribution in [0.3, 0.4) is 0 Å². The topological polar surface area (TPSA) is 12.4 Å². The molecule has 20 heavy (non-hydrogen) atoms. The lowest BCUT2D eigenvalue weighted by molar-refractivity contribution is 1.01. The maximum absolute atomic E-state index is 4.91. The van der Waals surface area contributed by atoms with Crippen LogP contribution in [0.25, 0.3) is 5.57 Å². The van der Waals surface area contributed by atoms with Crippen LogP contribution in [-0.2, 0) is 0 Å². The van der Waals surface area contributed by atoms with Crippen molar-refractivity contribution in [2.45, 2.75) is 12.8 Å². The maximum Gasteiger partial charge on any atom is 0.0753 e. The molecule has 0 unspecified atom stereocenters. The third kappa shape index (κ3) is 1.75. The number of rotatable bonds is 1. The summed E-state index contributed by atoms with van der Waals surface area (Å²) >= 11 is 0. The van der Waals surface area contributed by atoms with Gasteiger partial charge in [-0.25, -0.2) is 4.99 Å². The normalized spacial score (nSPS) is 18.3. The first-order valence-corrected chi connectivity index (χ1v) is 7.07. The monoisotopic (exact) mass is 257 g/mol. The zero-order valence-electron chi connectivity index (χ0n) is 11.2. The number of aliphatic imine (C=N–C) groups is 1. The maximum atomic E-state index is 4.91. The lowest BCUT2D eigenvalue weighted by atomic mass is 9.97. The van der Waals surface area contributed by atoms with E-state index in [1.54, 1.807) is 0 Å². The van der Waals surface area contributed by atoms with E-state index in [9.17, 15) is 0 Å². The Hall–Kier alpha value is -2.41. The van der Waals surface area contributed by atoms with Crippen LogP contribution in [0.15, 0.2) is 77.3 Å². The van der Waals surface area contributed by atoms with Gasteiger partial charge in [-0.05, 0) is 41.7 Å². The summed E-state index contributed by atoms with van der Waals surface area (Å²) in [7, 11) is 0. The minimum Gasteiger partial charge on any atom is -0.248 e. The quantitative estimate of drug-likeness (QED) is 0.687. The van der Waals surface area contributed by atoms with Crippen LogP contribution < -0.4 is 0 Å². The van der Waals surface area contributed by atoms with Crippen LogP contribution in [0.1, 0.15) is 24.0 Å². The predicted molar refractivity (Wildman–Crippen MR) is 84.4 cm³/mol. The van der Waals surface area contributed by atoms with Gasteiger partial charge < -0.3 is 0 Å². The van der Waals surface area contributed by atoms with Crippen molar-refractivity contribution in [1.82, 2.24) is 0 Å². The van der Waals surface area contributed by atoms with Crippen molar-refractivity contribution in [3.63, 3.8) is 0 Å². The van der Waals surface area contributed by atoms with E-state index in [0.29, 0.717) is 0 Å². The van der Waals surface area contributed by atoms with Crippen LogP contribution in [0.2, 0.25) is 0 Å². The van der Waals surface area contributed by atoms with Gasteiger partial charge in [-0.15, -0.1) is 0 Å². The van der Waals surface area contributed by atoms with Gasteiger partial charge in [-0.3, -0.25) is 0 Å². The Morgan fingerprint density at radius 2 is 1.55 bits per heavy atom. The second-order valence-electron chi connectivity index (χ2n) is 5.17. The summed E-state index contributed by atoms with van der Waals surface area (Å²) in [6.45, 7) is 0. The molecule has 0 N–H and O–H groups in total. The highest BCUT2D eigenvalue weighted by Crippen LogP contribution is 2.39. The molecule has 0 radical (unpaired) electrons. The van der Waals surface area contributed by atoms with Crippen LogP contribution in [0.5, 0.6) is 0 Å². The largest absolute Gasteiger partial charge is 0.248 e. The fourth-order valence-electron chi connectivity index (χ4n) is 3.01. The smallest absolute Gasteiger partial charge is 0.0753 e. The van der Waals surface area contributed by atoms with Crippen molar-refractivity contribution in [2.75, 3.05) is 0 Å². The van der Waals surface area contributed by atoms with Crippen molar-refractivity contribution in [1.29, 1.82) is 0 Å². The Morgan fingerprint density at radius 1 is 0.800 bits per heavy atom. The number of benzene rings is 2. The Bertz CT molecular complexity index is 748. The van der Waals surface area contributed by atoms with E-state index >= 15 is 0 Å². The molecule has 0 atom stereocenters. The van der Waals surface area contributed by atoms with E-state index in [-0.39, 0.29) is 0 Å². The second-order valence-corrected chi connectivity index (χ2v) is 5.17. The molecule has 0 bridgehead atoms. The summed E-state index contributed by atoms with van der Waals surface area (Å²) in [6, 6.07) is 18.8. The average Bonchev–Trinajstić information content (AvgIpc) is 2.84. The fourth-order valence-corrected chi connectivity index (χ4v) is 3.01. The summed E-state index contributed by atoms with van der Waals surface area (Å²) in [5, 5.41) is 0. The van der Waals surface area contributed by atoms with E-state index in [0.717, 1.165) is 24.2 Å².